The van der Waals surface area contributed by atoms with Crippen LogP contribution in [0.15, 0.2) is 17.0 Å². The van der Waals surface area contributed by atoms with Crippen LogP contribution in [0, 0.1) is 13.8 Å². The zero-order valence-electron chi connectivity index (χ0n) is 8.37. The summed E-state index contributed by atoms with van der Waals surface area (Å²) in [5.41, 5.74) is 7.33. The third-order valence-corrected chi connectivity index (χ3v) is 2.67. The van der Waals surface area contributed by atoms with Crippen molar-refractivity contribution in [3.8, 4) is 0 Å². The smallest absolute Gasteiger partial charge is 0.744 e. The SMILES string of the molecule is Cc1cc(S(=O)(=O)[O-])cc(C)c1N.[Na+]. The summed E-state index contributed by atoms with van der Waals surface area (Å²) in [7, 11) is -4.37. The van der Waals surface area contributed by atoms with Crippen molar-refractivity contribution in [1.82, 2.24) is 0 Å². The van der Waals surface area contributed by atoms with E-state index >= 15 is 0 Å². The molecule has 1 rings (SSSR count). The van der Waals surface area contributed by atoms with Crippen LogP contribution in [0.1, 0.15) is 11.1 Å². The van der Waals surface area contributed by atoms with Crippen molar-refractivity contribution in [2.24, 2.45) is 0 Å². The molecule has 0 aliphatic rings. The topological polar surface area (TPSA) is 83.2 Å². The first kappa shape index (κ1) is 13.9. The number of hydrogen-bond donors (Lipinski definition) is 1. The van der Waals surface area contributed by atoms with Crippen LogP contribution in [0.3, 0.4) is 0 Å². The fourth-order valence-electron chi connectivity index (χ4n) is 1.08. The Labute approximate surface area is 106 Å². The van der Waals surface area contributed by atoms with Gasteiger partial charge in [0.05, 0.1) is 4.90 Å². The van der Waals surface area contributed by atoms with Crippen molar-refractivity contribution >= 4 is 15.8 Å². The predicted octanol–water partition coefficient (Wildman–Crippen LogP) is -2.21. The maximum absolute atomic E-state index is 10.7. The van der Waals surface area contributed by atoms with Gasteiger partial charge in [-0.25, -0.2) is 8.42 Å². The molecule has 0 spiro atoms. The van der Waals surface area contributed by atoms with Crippen LogP contribution in [0.4, 0.5) is 5.69 Å². The molecular weight excluding hydrogens is 213 g/mol. The predicted molar refractivity (Wildman–Crippen MR) is 48.3 cm³/mol. The zero-order valence-corrected chi connectivity index (χ0v) is 11.2. The second-order valence-corrected chi connectivity index (χ2v) is 4.30. The van der Waals surface area contributed by atoms with E-state index in [0.717, 1.165) is 0 Å². The van der Waals surface area contributed by atoms with Gasteiger partial charge in [-0.05, 0) is 37.1 Å². The van der Waals surface area contributed by atoms with Crippen LogP contribution in [-0.4, -0.2) is 13.0 Å². The average molecular weight is 223 g/mol. The molecule has 14 heavy (non-hydrogen) atoms. The molecule has 4 nitrogen and oxygen atoms in total. The van der Waals surface area contributed by atoms with Crippen molar-refractivity contribution in [3.05, 3.63) is 23.3 Å². The standard InChI is InChI=1S/C8H11NO3S.Na/c1-5-3-7(13(10,11)12)4-6(2)8(5)9;/h3-4H,9H2,1-2H3,(H,10,11,12);/q;+1/p-1. The van der Waals surface area contributed by atoms with Crippen LogP contribution in [-0.2, 0) is 10.1 Å². The number of nitrogens with two attached hydrogens (primary N) is 1. The fourth-order valence-corrected chi connectivity index (χ4v) is 1.72. The van der Waals surface area contributed by atoms with Crippen LogP contribution >= 0.6 is 0 Å². The van der Waals surface area contributed by atoms with E-state index in [1.807, 2.05) is 0 Å². The van der Waals surface area contributed by atoms with Gasteiger partial charge in [0, 0.05) is 5.69 Å². The van der Waals surface area contributed by atoms with Gasteiger partial charge in [-0.15, -0.1) is 0 Å². The normalized spacial score (nSPS) is 10.8. The quantitative estimate of drug-likeness (QED) is 0.332. The molecule has 0 unspecified atom stereocenters. The maximum atomic E-state index is 10.7. The Hall–Kier alpha value is -0.0700. The van der Waals surface area contributed by atoms with E-state index < -0.39 is 10.1 Å². The number of aryl methyl sites for hydroxylation is 2. The summed E-state index contributed by atoms with van der Waals surface area (Å²) in [6.45, 7) is 3.33. The van der Waals surface area contributed by atoms with E-state index in [-0.39, 0.29) is 34.5 Å². The van der Waals surface area contributed by atoms with Gasteiger partial charge in [0.2, 0.25) is 0 Å². The maximum Gasteiger partial charge on any atom is 1.00 e. The molecule has 72 valence electrons. The molecule has 1 aromatic carbocycles. The van der Waals surface area contributed by atoms with Crippen LogP contribution in [0.5, 0.6) is 0 Å². The first-order valence-corrected chi connectivity index (χ1v) is 5.06. The molecule has 0 aromatic heterocycles. The first-order chi connectivity index (χ1) is 5.82. The summed E-state index contributed by atoms with van der Waals surface area (Å²) >= 11 is 0. The number of hydrogen-bond acceptors (Lipinski definition) is 4. The van der Waals surface area contributed by atoms with E-state index in [4.69, 9.17) is 5.73 Å². The largest absolute Gasteiger partial charge is 1.00 e. The van der Waals surface area contributed by atoms with Gasteiger partial charge in [-0.3, -0.25) is 0 Å². The first-order valence-electron chi connectivity index (χ1n) is 3.65. The molecule has 0 fully saturated rings. The van der Waals surface area contributed by atoms with E-state index in [2.05, 4.69) is 0 Å². The minimum atomic E-state index is -4.37. The van der Waals surface area contributed by atoms with Crippen LogP contribution < -0.4 is 35.3 Å². The zero-order chi connectivity index (χ0) is 10.2. The van der Waals surface area contributed by atoms with Gasteiger partial charge in [-0.1, -0.05) is 0 Å². The van der Waals surface area contributed by atoms with Gasteiger partial charge < -0.3 is 10.3 Å². The number of benzene rings is 1. The Kier molecular flexibility index (Phi) is 4.61. The van der Waals surface area contributed by atoms with Crippen LogP contribution in [0.25, 0.3) is 0 Å². The summed E-state index contributed by atoms with van der Waals surface area (Å²) in [6, 6.07) is 2.56. The molecular formula is C8H10NNaO3S. The molecule has 0 saturated carbocycles. The summed E-state index contributed by atoms with van der Waals surface area (Å²) in [5.74, 6) is 0. The molecule has 0 radical (unpaired) electrons. The second kappa shape index (κ2) is 4.63. The molecule has 0 saturated heterocycles. The van der Waals surface area contributed by atoms with Crippen molar-refractivity contribution in [2.45, 2.75) is 18.7 Å². The Balaban J connectivity index is 0.00000169. The van der Waals surface area contributed by atoms with Gasteiger partial charge in [0.25, 0.3) is 0 Å². The third-order valence-electron chi connectivity index (χ3n) is 1.86. The van der Waals surface area contributed by atoms with Gasteiger partial charge in [-0.2, -0.15) is 0 Å². The molecule has 0 bridgehead atoms. The minimum absolute atomic E-state index is 0. The average Bonchev–Trinajstić information content (AvgIpc) is 1.97. The number of anilines is 1. The number of nitrogen functional groups attached to an aromatic ring is 1. The van der Waals surface area contributed by atoms with E-state index in [1.165, 1.54) is 12.1 Å². The van der Waals surface area contributed by atoms with Gasteiger partial charge in [0.1, 0.15) is 10.1 Å². The van der Waals surface area contributed by atoms with E-state index in [9.17, 15) is 13.0 Å². The molecule has 6 heteroatoms. The van der Waals surface area contributed by atoms with Gasteiger partial charge >= 0.3 is 29.6 Å². The summed E-state index contributed by atoms with van der Waals surface area (Å²) in [5, 5.41) is 0. The van der Waals surface area contributed by atoms with Crippen molar-refractivity contribution in [2.75, 3.05) is 5.73 Å². The molecule has 2 N–H and O–H groups in total. The molecule has 0 amide bonds. The second-order valence-electron chi connectivity index (χ2n) is 2.92. The number of rotatable bonds is 1. The third kappa shape index (κ3) is 2.96. The van der Waals surface area contributed by atoms with Crippen molar-refractivity contribution in [1.29, 1.82) is 0 Å². The van der Waals surface area contributed by atoms with Crippen molar-refractivity contribution in [3.63, 3.8) is 0 Å². The van der Waals surface area contributed by atoms with E-state index in [1.54, 1.807) is 13.8 Å². The minimum Gasteiger partial charge on any atom is -0.744 e. The molecule has 0 aliphatic heterocycles. The summed E-state index contributed by atoms with van der Waals surface area (Å²) < 4.78 is 32.0. The Bertz CT molecular complexity index is 419. The Morgan fingerprint density at radius 3 is 1.86 bits per heavy atom. The Morgan fingerprint density at radius 1 is 1.21 bits per heavy atom. The van der Waals surface area contributed by atoms with Crippen LogP contribution in [0.2, 0.25) is 0 Å². The fraction of sp³-hybridized carbons (Fsp3) is 0.250. The molecule has 0 aliphatic carbocycles. The molecule has 1 aromatic rings. The molecule has 0 atom stereocenters. The summed E-state index contributed by atoms with van der Waals surface area (Å²) in [4.78, 5) is -0.225. The Morgan fingerprint density at radius 2 is 1.57 bits per heavy atom. The van der Waals surface area contributed by atoms with E-state index in [0.29, 0.717) is 16.8 Å². The molecule has 0 heterocycles. The van der Waals surface area contributed by atoms with Crippen molar-refractivity contribution < 1.29 is 42.5 Å². The monoisotopic (exact) mass is 223 g/mol. The van der Waals surface area contributed by atoms with Gasteiger partial charge in [0.15, 0.2) is 0 Å². The summed E-state index contributed by atoms with van der Waals surface area (Å²) in [6.07, 6.45) is 0.